The summed E-state index contributed by atoms with van der Waals surface area (Å²) in [7, 11) is -0.665. The van der Waals surface area contributed by atoms with Crippen molar-refractivity contribution in [2.24, 2.45) is 0 Å². The minimum absolute atomic E-state index is 0.665. The van der Waals surface area contributed by atoms with E-state index in [4.69, 9.17) is 0 Å². The monoisotopic (exact) mass is 176 g/mol. The lowest BCUT2D eigenvalue weighted by Gasteiger charge is -2.05. The van der Waals surface area contributed by atoms with E-state index in [0.29, 0.717) is 0 Å². The van der Waals surface area contributed by atoms with Crippen molar-refractivity contribution < 1.29 is 0 Å². The Morgan fingerprint density at radius 2 is 1.92 bits per heavy atom. The van der Waals surface area contributed by atoms with Crippen LogP contribution in [0.2, 0.25) is 12.6 Å². The van der Waals surface area contributed by atoms with Gasteiger partial charge in [-0.1, -0.05) is 54.2 Å². The van der Waals surface area contributed by atoms with Crippen LogP contribution in [0.15, 0.2) is 42.5 Å². The van der Waals surface area contributed by atoms with Gasteiger partial charge in [-0.2, -0.15) is 0 Å². The highest BCUT2D eigenvalue weighted by molar-refractivity contribution is 6.72. The van der Waals surface area contributed by atoms with Gasteiger partial charge in [0.1, 0.15) is 0 Å². The molecule has 1 atom stereocenters. The molecule has 0 saturated carbocycles. The Bertz CT molecular complexity index is 238. The van der Waals surface area contributed by atoms with Gasteiger partial charge in [-0.25, -0.2) is 0 Å². The largest absolute Gasteiger partial charge is 0.0919 e. The first-order valence-electron chi connectivity index (χ1n) is 4.50. The van der Waals surface area contributed by atoms with E-state index in [1.54, 1.807) is 5.19 Å². The fourth-order valence-corrected chi connectivity index (χ4v) is 3.09. The molecular formula is C11H16Si. The lowest BCUT2D eigenvalue weighted by molar-refractivity contribution is 1.57. The van der Waals surface area contributed by atoms with Crippen LogP contribution >= 0.6 is 0 Å². The van der Waals surface area contributed by atoms with Gasteiger partial charge in [0.2, 0.25) is 0 Å². The van der Waals surface area contributed by atoms with Crippen LogP contribution in [0, 0.1) is 0 Å². The van der Waals surface area contributed by atoms with Gasteiger partial charge >= 0.3 is 0 Å². The number of hydrogen-bond donors (Lipinski definition) is 0. The van der Waals surface area contributed by atoms with Crippen LogP contribution < -0.4 is 5.19 Å². The van der Waals surface area contributed by atoms with Gasteiger partial charge in [0.15, 0.2) is 0 Å². The SMILES string of the molecule is C/C=C\C[SiH](C)c1ccccc1. The van der Waals surface area contributed by atoms with E-state index in [-0.39, 0.29) is 0 Å². The van der Waals surface area contributed by atoms with E-state index < -0.39 is 8.80 Å². The second kappa shape index (κ2) is 4.94. The average Bonchev–Trinajstić information content (AvgIpc) is 2.15. The molecule has 1 aromatic carbocycles. The Morgan fingerprint density at radius 3 is 2.50 bits per heavy atom. The van der Waals surface area contributed by atoms with Gasteiger partial charge in [-0.15, -0.1) is 0 Å². The fraction of sp³-hybridized carbons (Fsp3) is 0.273. The Labute approximate surface area is 76.5 Å². The van der Waals surface area contributed by atoms with Crippen molar-refractivity contribution in [2.45, 2.75) is 19.5 Å². The molecule has 0 heterocycles. The standard InChI is InChI=1S/C11H16Si/c1-3-4-10-12(2)11-8-6-5-7-9-11/h3-9,12H,10H2,1-2H3/b4-3-. The van der Waals surface area contributed by atoms with Gasteiger partial charge in [0.05, 0.1) is 8.80 Å². The summed E-state index contributed by atoms with van der Waals surface area (Å²) in [5, 5.41) is 1.57. The van der Waals surface area contributed by atoms with Gasteiger partial charge in [-0.05, 0) is 13.0 Å². The topological polar surface area (TPSA) is 0 Å². The maximum Gasteiger partial charge on any atom is 0.0714 e. The first kappa shape index (κ1) is 9.27. The smallest absolute Gasteiger partial charge is 0.0714 e. The molecule has 1 unspecified atom stereocenters. The summed E-state index contributed by atoms with van der Waals surface area (Å²) >= 11 is 0. The second-order valence-corrected chi connectivity index (χ2v) is 6.06. The van der Waals surface area contributed by atoms with E-state index in [2.05, 4.69) is 56.0 Å². The molecule has 0 bridgehead atoms. The van der Waals surface area contributed by atoms with Gasteiger partial charge in [0, 0.05) is 0 Å². The number of hydrogen-bond acceptors (Lipinski definition) is 0. The molecule has 0 aliphatic rings. The van der Waals surface area contributed by atoms with E-state index in [1.807, 2.05) is 0 Å². The maximum atomic E-state index is 2.40. The minimum Gasteiger partial charge on any atom is -0.0919 e. The van der Waals surface area contributed by atoms with Crippen LogP contribution in [-0.4, -0.2) is 8.80 Å². The lowest BCUT2D eigenvalue weighted by atomic mass is 10.4. The third-order valence-corrected chi connectivity index (χ3v) is 4.60. The normalized spacial score (nSPS) is 13.5. The molecule has 0 radical (unpaired) electrons. The Morgan fingerprint density at radius 1 is 1.25 bits per heavy atom. The summed E-state index contributed by atoms with van der Waals surface area (Å²) in [6.07, 6.45) is 4.43. The molecular weight excluding hydrogens is 160 g/mol. The van der Waals surface area contributed by atoms with Crippen molar-refractivity contribution in [3.63, 3.8) is 0 Å². The third kappa shape index (κ3) is 2.66. The van der Waals surface area contributed by atoms with Crippen LogP contribution in [-0.2, 0) is 0 Å². The van der Waals surface area contributed by atoms with Crippen LogP contribution in [0.4, 0.5) is 0 Å². The molecule has 1 aromatic rings. The molecule has 1 heteroatoms. The summed E-state index contributed by atoms with van der Waals surface area (Å²) in [5.74, 6) is 0. The Balaban J connectivity index is 2.59. The highest BCUT2D eigenvalue weighted by Crippen LogP contribution is 1.95. The van der Waals surface area contributed by atoms with Gasteiger partial charge in [-0.3, -0.25) is 0 Å². The molecule has 0 aliphatic heterocycles. The van der Waals surface area contributed by atoms with Crippen molar-refractivity contribution in [2.75, 3.05) is 0 Å². The molecule has 0 saturated heterocycles. The number of rotatable bonds is 3. The van der Waals surface area contributed by atoms with Crippen LogP contribution in [0.25, 0.3) is 0 Å². The van der Waals surface area contributed by atoms with Crippen molar-refractivity contribution in [3.05, 3.63) is 42.5 Å². The third-order valence-electron chi connectivity index (χ3n) is 2.09. The molecule has 0 nitrogen and oxygen atoms in total. The lowest BCUT2D eigenvalue weighted by Crippen LogP contribution is -2.24. The number of benzene rings is 1. The highest BCUT2D eigenvalue weighted by Gasteiger charge is 2.02. The predicted octanol–water partition coefficient (Wildman–Crippen LogP) is 2.33. The van der Waals surface area contributed by atoms with E-state index >= 15 is 0 Å². The molecule has 64 valence electrons. The molecule has 0 aromatic heterocycles. The first-order chi connectivity index (χ1) is 5.84. The molecule has 0 N–H and O–H groups in total. The second-order valence-electron chi connectivity index (χ2n) is 3.12. The van der Waals surface area contributed by atoms with Gasteiger partial charge < -0.3 is 0 Å². The van der Waals surface area contributed by atoms with Crippen molar-refractivity contribution in [1.29, 1.82) is 0 Å². The van der Waals surface area contributed by atoms with E-state index in [1.165, 1.54) is 6.04 Å². The van der Waals surface area contributed by atoms with Crippen LogP contribution in [0.3, 0.4) is 0 Å². The van der Waals surface area contributed by atoms with Crippen molar-refractivity contribution in [3.8, 4) is 0 Å². The highest BCUT2D eigenvalue weighted by atomic mass is 28.3. The summed E-state index contributed by atoms with van der Waals surface area (Å²) in [6.45, 7) is 4.49. The zero-order chi connectivity index (χ0) is 8.81. The molecule has 0 amide bonds. The molecule has 0 fully saturated rings. The van der Waals surface area contributed by atoms with Crippen molar-refractivity contribution in [1.82, 2.24) is 0 Å². The molecule has 1 rings (SSSR count). The summed E-state index contributed by atoms with van der Waals surface area (Å²) in [5.41, 5.74) is 0. The molecule has 0 aliphatic carbocycles. The summed E-state index contributed by atoms with van der Waals surface area (Å²) in [6, 6.07) is 12.1. The zero-order valence-corrected chi connectivity index (χ0v) is 8.98. The molecule has 12 heavy (non-hydrogen) atoms. The molecule has 0 spiro atoms. The maximum absolute atomic E-state index is 2.40. The van der Waals surface area contributed by atoms with E-state index in [0.717, 1.165) is 0 Å². The van der Waals surface area contributed by atoms with Crippen LogP contribution in [0.1, 0.15) is 6.92 Å². The zero-order valence-electron chi connectivity index (χ0n) is 7.83. The quantitative estimate of drug-likeness (QED) is 0.490. The average molecular weight is 176 g/mol. The summed E-state index contributed by atoms with van der Waals surface area (Å²) in [4.78, 5) is 0. The number of allylic oxidation sites excluding steroid dienone is 2. The van der Waals surface area contributed by atoms with Crippen molar-refractivity contribution >= 4 is 14.0 Å². The van der Waals surface area contributed by atoms with Crippen LogP contribution in [0.5, 0.6) is 0 Å². The van der Waals surface area contributed by atoms with Gasteiger partial charge in [0.25, 0.3) is 0 Å². The predicted molar refractivity (Wildman–Crippen MR) is 58.7 cm³/mol. The Kier molecular flexibility index (Phi) is 3.81. The minimum atomic E-state index is -0.665. The Hall–Kier alpha value is -0.823. The summed E-state index contributed by atoms with van der Waals surface area (Å²) < 4.78 is 0. The van der Waals surface area contributed by atoms with E-state index in [9.17, 15) is 0 Å². The fourth-order valence-electron chi connectivity index (χ4n) is 1.26. The first-order valence-corrected chi connectivity index (χ1v) is 7.05.